The third-order valence-electron chi connectivity index (χ3n) is 10.8. The molecule has 0 aromatic heterocycles. The number of ether oxygens (including phenoxy) is 2. The molecule has 2 bridgehead atoms. The SMILES string of the molecule is C=CCN1CC[C@]23c4c5c(O)cc(OC)c4O[C@H]2[C@@H](N(CC)C(=O)CCCCCCCc2ccccc2)CC[C@H]3[C@H]1C5. The summed E-state index contributed by atoms with van der Waals surface area (Å²) < 4.78 is 12.7. The van der Waals surface area contributed by atoms with Gasteiger partial charge in [0.1, 0.15) is 11.9 Å². The molecule has 2 fully saturated rings. The predicted octanol–water partition coefficient (Wildman–Crippen LogP) is 6.43. The number of nitrogens with zero attached hydrogens (tertiary/aromatic N) is 2. The molecule has 5 atom stereocenters. The first-order valence-electron chi connectivity index (χ1n) is 16.3. The summed E-state index contributed by atoms with van der Waals surface area (Å²) in [6.45, 7) is 8.66. The van der Waals surface area contributed by atoms with Crippen molar-refractivity contribution in [3.05, 3.63) is 65.7 Å². The van der Waals surface area contributed by atoms with Gasteiger partial charge in [-0.1, -0.05) is 55.7 Å². The van der Waals surface area contributed by atoms with Crippen LogP contribution in [0.25, 0.3) is 0 Å². The first-order valence-corrected chi connectivity index (χ1v) is 16.3. The number of aryl methyl sites for hydroxylation is 1. The lowest BCUT2D eigenvalue weighted by atomic mass is 9.50. The summed E-state index contributed by atoms with van der Waals surface area (Å²) in [6, 6.07) is 12.8. The number of piperidine rings is 1. The van der Waals surface area contributed by atoms with Gasteiger partial charge in [0.15, 0.2) is 11.5 Å². The molecule has 2 aromatic carbocycles. The summed E-state index contributed by atoms with van der Waals surface area (Å²) in [5.41, 5.74) is 3.40. The average Bonchev–Trinajstić information content (AvgIpc) is 3.35. The van der Waals surface area contributed by atoms with E-state index in [4.69, 9.17) is 9.47 Å². The number of likely N-dealkylation sites (N-methyl/N-ethyl adjacent to an activating group) is 1. The Bertz CT molecular complexity index is 1280. The number of carbonyl (C=O) groups excluding carboxylic acids is 1. The third kappa shape index (κ3) is 4.90. The van der Waals surface area contributed by atoms with Gasteiger partial charge in [0.2, 0.25) is 5.91 Å². The quantitative estimate of drug-likeness (QED) is 0.222. The molecule has 4 aliphatic rings. The van der Waals surface area contributed by atoms with E-state index < -0.39 is 0 Å². The molecule has 2 heterocycles. The van der Waals surface area contributed by atoms with Crippen LogP contribution in [-0.2, 0) is 23.1 Å². The number of amides is 1. The second-order valence-corrected chi connectivity index (χ2v) is 12.8. The van der Waals surface area contributed by atoms with E-state index in [1.54, 1.807) is 13.2 Å². The minimum absolute atomic E-state index is 0.0291. The van der Waals surface area contributed by atoms with Gasteiger partial charge >= 0.3 is 0 Å². The zero-order valence-electron chi connectivity index (χ0n) is 25.5. The van der Waals surface area contributed by atoms with Crippen molar-refractivity contribution in [3.8, 4) is 17.2 Å². The highest BCUT2D eigenvalue weighted by atomic mass is 16.5. The Kier molecular flexibility index (Phi) is 8.53. The molecule has 2 aromatic rings. The fourth-order valence-corrected chi connectivity index (χ4v) is 9.03. The first kappa shape index (κ1) is 29.1. The summed E-state index contributed by atoms with van der Waals surface area (Å²) in [5.74, 6) is 2.42. The van der Waals surface area contributed by atoms with Gasteiger partial charge < -0.3 is 19.5 Å². The molecule has 1 saturated heterocycles. The van der Waals surface area contributed by atoms with E-state index >= 15 is 0 Å². The van der Waals surface area contributed by atoms with E-state index in [1.165, 1.54) is 30.4 Å². The number of likely N-dealkylation sites (tertiary alicyclic amines) is 1. The largest absolute Gasteiger partial charge is 0.508 e. The number of aromatic hydroxyl groups is 1. The third-order valence-corrected chi connectivity index (χ3v) is 10.8. The summed E-state index contributed by atoms with van der Waals surface area (Å²) >= 11 is 0. The second-order valence-electron chi connectivity index (χ2n) is 12.8. The maximum absolute atomic E-state index is 13.7. The Labute approximate surface area is 251 Å². The van der Waals surface area contributed by atoms with E-state index in [0.717, 1.165) is 69.3 Å². The van der Waals surface area contributed by atoms with Crippen LogP contribution in [-0.4, -0.2) is 65.7 Å². The van der Waals surface area contributed by atoms with Crippen LogP contribution in [0, 0.1) is 5.92 Å². The van der Waals surface area contributed by atoms with Crippen molar-refractivity contribution < 1.29 is 19.4 Å². The molecule has 6 rings (SSSR count). The van der Waals surface area contributed by atoms with Gasteiger partial charge in [0.05, 0.1) is 13.2 Å². The Morgan fingerprint density at radius 3 is 2.74 bits per heavy atom. The molecule has 42 heavy (non-hydrogen) atoms. The van der Waals surface area contributed by atoms with Crippen LogP contribution >= 0.6 is 0 Å². The molecule has 1 saturated carbocycles. The summed E-state index contributed by atoms with van der Waals surface area (Å²) in [5, 5.41) is 11.2. The Morgan fingerprint density at radius 1 is 1.19 bits per heavy atom. The summed E-state index contributed by atoms with van der Waals surface area (Å²) in [4.78, 5) is 18.4. The zero-order valence-corrected chi connectivity index (χ0v) is 25.5. The lowest BCUT2D eigenvalue weighted by Crippen LogP contribution is -2.69. The number of rotatable bonds is 13. The highest BCUT2D eigenvalue weighted by Gasteiger charge is 2.67. The molecule has 6 nitrogen and oxygen atoms in total. The fourth-order valence-electron chi connectivity index (χ4n) is 9.03. The molecule has 2 aliphatic carbocycles. The van der Waals surface area contributed by atoms with Crippen LogP contribution in [0.2, 0.25) is 0 Å². The zero-order chi connectivity index (χ0) is 29.3. The van der Waals surface area contributed by atoms with E-state index in [9.17, 15) is 9.90 Å². The van der Waals surface area contributed by atoms with Gasteiger partial charge in [-0.2, -0.15) is 0 Å². The number of phenols is 1. The van der Waals surface area contributed by atoms with E-state index in [-0.39, 0.29) is 23.5 Å². The maximum Gasteiger partial charge on any atom is 0.222 e. The van der Waals surface area contributed by atoms with Crippen molar-refractivity contribution in [1.29, 1.82) is 0 Å². The van der Waals surface area contributed by atoms with Gasteiger partial charge in [-0.05, 0) is 69.9 Å². The number of hydrogen-bond acceptors (Lipinski definition) is 5. The lowest BCUT2D eigenvalue weighted by molar-refractivity contribution is -0.142. The number of unbranched alkanes of at least 4 members (excludes halogenated alkanes) is 4. The van der Waals surface area contributed by atoms with Gasteiger partial charge in [-0.25, -0.2) is 0 Å². The van der Waals surface area contributed by atoms with Crippen LogP contribution in [0.15, 0.2) is 49.1 Å². The van der Waals surface area contributed by atoms with Crippen LogP contribution in [0.4, 0.5) is 0 Å². The normalized spacial score (nSPS) is 27.2. The summed E-state index contributed by atoms with van der Waals surface area (Å²) in [7, 11) is 1.65. The van der Waals surface area contributed by atoms with Crippen molar-refractivity contribution in [2.24, 2.45) is 5.92 Å². The Hall–Kier alpha value is -2.99. The molecule has 0 unspecified atom stereocenters. The van der Waals surface area contributed by atoms with Crippen LogP contribution < -0.4 is 9.47 Å². The summed E-state index contributed by atoms with van der Waals surface area (Å²) in [6.07, 6.45) is 13.0. The standard InChI is InChI=1S/C36H48N2O4/c1-4-21-37-22-20-36-27-18-19-28(35(36)42-34-31(41-3)24-30(39)26(33(34)36)23-29(27)37)38(5-2)32(40)17-13-8-6-7-10-14-25-15-11-9-12-16-25/h4,9,11-12,15-16,24,27-29,35,39H,1,5-8,10,13-14,17-23H2,2-3H3/t27-,28-,29+,35-,36-/m0/s1. The highest BCUT2D eigenvalue weighted by Crippen LogP contribution is 2.65. The van der Waals surface area contributed by atoms with Gasteiger partial charge in [-0.15, -0.1) is 6.58 Å². The molecule has 0 radical (unpaired) electrons. The minimum atomic E-state index is -0.202. The van der Waals surface area contributed by atoms with E-state index in [2.05, 4.69) is 53.6 Å². The van der Waals surface area contributed by atoms with Gasteiger partial charge in [0, 0.05) is 48.2 Å². The molecule has 6 heteroatoms. The molecular weight excluding hydrogens is 524 g/mol. The Balaban J connectivity index is 1.16. The second kappa shape index (κ2) is 12.3. The monoisotopic (exact) mass is 572 g/mol. The molecule has 1 spiro atoms. The smallest absolute Gasteiger partial charge is 0.222 e. The molecular formula is C36H48N2O4. The van der Waals surface area contributed by atoms with Crippen molar-refractivity contribution in [2.75, 3.05) is 26.7 Å². The molecule has 226 valence electrons. The molecule has 2 aliphatic heterocycles. The lowest BCUT2D eigenvalue weighted by Gasteiger charge is -2.60. The Morgan fingerprint density at radius 2 is 1.98 bits per heavy atom. The number of phenolic OH excluding ortho intramolecular Hbond substituents is 1. The van der Waals surface area contributed by atoms with Crippen LogP contribution in [0.5, 0.6) is 17.2 Å². The maximum atomic E-state index is 13.7. The minimum Gasteiger partial charge on any atom is -0.508 e. The average molecular weight is 573 g/mol. The number of hydrogen-bond donors (Lipinski definition) is 1. The van der Waals surface area contributed by atoms with Gasteiger partial charge in [0.25, 0.3) is 0 Å². The van der Waals surface area contributed by atoms with E-state index in [0.29, 0.717) is 36.4 Å². The number of benzene rings is 2. The molecule has 1 amide bonds. The van der Waals surface area contributed by atoms with Crippen molar-refractivity contribution in [1.82, 2.24) is 9.80 Å². The van der Waals surface area contributed by atoms with Gasteiger partial charge in [-0.3, -0.25) is 9.69 Å². The highest BCUT2D eigenvalue weighted by molar-refractivity contribution is 5.77. The van der Waals surface area contributed by atoms with E-state index in [1.807, 2.05) is 6.08 Å². The first-order chi connectivity index (χ1) is 20.5. The van der Waals surface area contributed by atoms with Crippen molar-refractivity contribution in [3.63, 3.8) is 0 Å². The molecule has 1 N–H and O–H groups in total. The number of carbonyl (C=O) groups is 1. The van der Waals surface area contributed by atoms with Crippen molar-refractivity contribution in [2.45, 2.75) is 101 Å². The predicted molar refractivity (Wildman–Crippen MR) is 166 cm³/mol. The number of methoxy groups -OCH3 is 1. The van der Waals surface area contributed by atoms with Crippen molar-refractivity contribution >= 4 is 5.91 Å². The van der Waals surface area contributed by atoms with Crippen LogP contribution in [0.3, 0.4) is 0 Å². The van der Waals surface area contributed by atoms with Crippen LogP contribution in [0.1, 0.15) is 81.4 Å². The topological polar surface area (TPSA) is 62.2 Å². The fraction of sp³-hybridized carbons (Fsp3) is 0.583.